The van der Waals surface area contributed by atoms with Crippen LogP contribution in [-0.4, -0.2) is 81.8 Å². The van der Waals surface area contributed by atoms with E-state index in [1.807, 2.05) is 42.1 Å². The van der Waals surface area contributed by atoms with Crippen LogP contribution < -0.4 is 15.4 Å². The molecule has 2 fully saturated rings. The van der Waals surface area contributed by atoms with Crippen LogP contribution in [0.3, 0.4) is 0 Å². The largest absolute Gasteiger partial charge is 0.495 e. The van der Waals surface area contributed by atoms with Gasteiger partial charge in [0.25, 0.3) is 0 Å². The van der Waals surface area contributed by atoms with Crippen LogP contribution in [0.4, 0.5) is 11.4 Å². The Kier molecular flexibility index (Phi) is 4.82. The van der Waals surface area contributed by atoms with E-state index in [-0.39, 0.29) is 18.1 Å². The number of nitrogens with zero attached hydrogens (tertiary/aromatic N) is 3. The van der Waals surface area contributed by atoms with Crippen LogP contribution in [-0.2, 0) is 9.53 Å². The summed E-state index contributed by atoms with van der Waals surface area (Å²) in [5, 5.41) is 0. The van der Waals surface area contributed by atoms with E-state index in [1.54, 1.807) is 7.11 Å². The molecule has 2 heterocycles. The molecule has 2 saturated heterocycles. The Bertz CT molecular complexity index is 593. The zero-order valence-electron chi connectivity index (χ0n) is 14.6. The minimum atomic E-state index is 0.0344. The van der Waals surface area contributed by atoms with Crippen LogP contribution in [0.2, 0.25) is 0 Å². The highest BCUT2D eigenvalue weighted by molar-refractivity contribution is 5.78. The number of likely N-dealkylation sites (N-methyl/N-ethyl adjacent to an activating group) is 1. The highest BCUT2D eigenvalue weighted by Gasteiger charge is 2.36. The number of anilines is 2. The van der Waals surface area contributed by atoms with Crippen molar-refractivity contribution in [3.8, 4) is 5.75 Å². The number of nitrogen functional groups attached to an aromatic ring is 1. The van der Waals surface area contributed by atoms with Gasteiger partial charge in [-0.1, -0.05) is 0 Å². The van der Waals surface area contributed by atoms with Gasteiger partial charge in [-0.3, -0.25) is 4.79 Å². The van der Waals surface area contributed by atoms with Crippen molar-refractivity contribution in [3.63, 3.8) is 0 Å². The van der Waals surface area contributed by atoms with E-state index in [4.69, 9.17) is 15.2 Å². The number of carbonyl (C=O) groups excluding carboxylic acids is 1. The minimum absolute atomic E-state index is 0.0344. The second kappa shape index (κ2) is 6.86. The van der Waals surface area contributed by atoms with Gasteiger partial charge in [-0.25, -0.2) is 0 Å². The van der Waals surface area contributed by atoms with Crippen molar-refractivity contribution in [3.05, 3.63) is 18.2 Å². The third kappa shape index (κ3) is 3.57. The number of carbonyl (C=O) groups is 1. The predicted octanol–water partition coefficient (Wildman–Crippen LogP) is 0.255. The quantitative estimate of drug-likeness (QED) is 0.796. The van der Waals surface area contributed by atoms with Crippen molar-refractivity contribution < 1.29 is 14.3 Å². The molecule has 1 aromatic rings. The van der Waals surface area contributed by atoms with Crippen molar-refractivity contribution in [2.24, 2.45) is 0 Å². The van der Waals surface area contributed by atoms with Gasteiger partial charge in [0.2, 0.25) is 5.91 Å². The van der Waals surface area contributed by atoms with Gasteiger partial charge in [-0.15, -0.1) is 0 Å². The molecule has 2 aliphatic heterocycles. The number of nitrogens with two attached hydrogens (primary N) is 1. The molecule has 2 N–H and O–H groups in total. The molecule has 132 valence electrons. The molecule has 0 spiro atoms. The summed E-state index contributed by atoms with van der Waals surface area (Å²) in [4.78, 5) is 18.4. The van der Waals surface area contributed by atoms with E-state index in [2.05, 4.69) is 4.90 Å². The number of methoxy groups -OCH3 is 1. The standard InChI is InChI=1S/C17H26N4O3/c1-19(2)11-17(22)21-9-13-7-20(8-14(10-21)24-13)12-4-5-15(18)16(6-12)23-3/h4-6,13-14H,7-11,18H2,1-3H3. The lowest BCUT2D eigenvalue weighted by molar-refractivity contribution is -0.147. The molecule has 7 heteroatoms. The van der Waals surface area contributed by atoms with Gasteiger partial charge >= 0.3 is 0 Å². The molecule has 2 unspecified atom stereocenters. The summed E-state index contributed by atoms with van der Waals surface area (Å²) in [7, 11) is 5.45. The first-order valence-electron chi connectivity index (χ1n) is 8.22. The number of amides is 1. The number of hydrogen-bond acceptors (Lipinski definition) is 6. The fourth-order valence-corrected chi connectivity index (χ4v) is 3.37. The van der Waals surface area contributed by atoms with Crippen molar-refractivity contribution >= 4 is 17.3 Å². The van der Waals surface area contributed by atoms with Crippen LogP contribution in [0.1, 0.15) is 0 Å². The minimum Gasteiger partial charge on any atom is -0.495 e. The van der Waals surface area contributed by atoms with Gasteiger partial charge in [0.1, 0.15) is 5.75 Å². The van der Waals surface area contributed by atoms with Gasteiger partial charge in [0.05, 0.1) is 31.5 Å². The van der Waals surface area contributed by atoms with Crippen molar-refractivity contribution in [1.29, 1.82) is 0 Å². The number of fused-ring (bicyclic) bond motifs is 2. The molecular weight excluding hydrogens is 308 g/mol. The Balaban J connectivity index is 1.68. The zero-order valence-corrected chi connectivity index (χ0v) is 14.6. The normalized spacial score (nSPS) is 23.5. The molecule has 0 saturated carbocycles. The number of benzene rings is 1. The average molecular weight is 334 g/mol. The smallest absolute Gasteiger partial charge is 0.236 e. The first-order chi connectivity index (χ1) is 11.5. The van der Waals surface area contributed by atoms with Gasteiger partial charge in [-0.2, -0.15) is 0 Å². The Labute approximate surface area is 142 Å². The van der Waals surface area contributed by atoms with Gasteiger partial charge in [0.15, 0.2) is 0 Å². The summed E-state index contributed by atoms with van der Waals surface area (Å²) in [6.07, 6.45) is 0.0688. The number of rotatable bonds is 4. The first kappa shape index (κ1) is 16.9. The lowest BCUT2D eigenvalue weighted by atomic mass is 10.1. The SMILES string of the molecule is COc1cc(N2CC3CN(C(=O)CN(C)C)CC(C2)O3)ccc1N. The van der Waals surface area contributed by atoms with Crippen LogP contribution in [0.25, 0.3) is 0 Å². The topological polar surface area (TPSA) is 71.3 Å². The Morgan fingerprint density at radius 1 is 1.29 bits per heavy atom. The Morgan fingerprint density at radius 2 is 1.96 bits per heavy atom. The number of morpholine rings is 2. The van der Waals surface area contributed by atoms with E-state index in [0.717, 1.165) is 18.8 Å². The van der Waals surface area contributed by atoms with Crippen LogP contribution in [0.15, 0.2) is 18.2 Å². The predicted molar refractivity (Wildman–Crippen MR) is 93.4 cm³/mol. The maximum atomic E-state index is 12.3. The molecule has 2 atom stereocenters. The van der Waals surface area contributed by atoms with E-state index >= 15 is 0 Å². The van der Waals surface area contributed by atoms with Gasteiger partial charge in [-0.05, 0) is 26.2 Å². The molecule has 1 amide bonds. The maximum absolute atomic E-state index is 12.3. The molecule has 2 aliphatic rings. The Morgan fingerprint density at radius 3 is 2.54 bits per heavy atom. The van der Waals surface area contributed by atoms with Gasteiger partial charge in [0, 0.05) is 37.9 Å². The fraction of sp³-hybridized carbons (Fsp3) is 0.588. The third-order valence-electron chi connectivity index (χ3n) is 4.47. The first-order valence-corrected chi connectivity index (χ1v) is 8.22. The van der Waals surface area contributed by atoms with Crippen molar-refractivity contribution in [1.82, 2.24) is 9.80 Å². The Hall–Kier alpha value is -1.99. The highest BCUT2D eigenvalue weighted by atomic mass is 16.5. The molecular formula is C17H26N4O3. The van der Waals surface area contributed by atoms with E-state index in [1.165, 1.54) is 0 Å². The maximum Gasteiger partial charge on any atom is 0.236 e. The molecule has 1 aromatic carbocycles. The van der Waals surface area contributed by atoms with Gasteiger partial charge < -0.3 is 29.9 Å². The molecule has 7 nitrogen and oxygen atoms in total. The van der Waals surface area contributed by atoms with E-state index < -0.39 is 0 Å². The lowest BCUT2D eigenvalue weighted by Gasteiger charge is -2.46. The van der Waals surface area contributed by atoms with E-state index in [0.29, 0.717) is 31.1 Å². The number of ether oxygens (including phenoxy) is 2. The van der Waals surface area contributed by atoms with Crippen molar-refractivity contribution in [2.45, 2.75) is 12.2 Å². The zero-order chi connectivity index (χ0) is 17.3. The summed E-state index contributed by atoms with van der Waals surface area (Å²) in [6.45, 7) is 3.25. The summed E-state index contributed by atoms with van der Waals surface area (Å²) < 4.78 is 11.4. The fourth-order valence-electron chi connectivity index (χ4n) is 3.37. The molecule has 0 aromatic heterocycles. The molecule has 3 rings (SSSR count). The molecule has 0 radical (unpaired) electrons. The second-order valence-corrected chi connectivity index (χ2v) is 6.75. The van der Waals surface area contributed by atoms with Crippen molar-refractivity contribution in [2.75, 3.05) is 64.6 Å². The molecule has 2 bridgehead atoms. The third-order valence-corrected chi connectivity index (χ3v) is 4.47. The summed E-state index contributed by atoms with van der Waals surface area (Å²) in [5.41, 5.74) is 7.61. The number of hydrogen-bond donors (Lipinski definition) is 1. The lowest BCUT2D eigenvalue weighted by Crippen LogP contribution is -2.61. The molecule has 0 aliphatic carbocycles. The second-order valence-electron chi connectivity index (χ2n) is 6.75. The summed E-state index contributed by atoms with van der Waals surface area (Å²) >= 11 is 0. The highest BCUT2D eigenvalue weighted by Crippen LogP contribution is 2.30. The monoisotopic (exact) mass is 334 g/mol. The van der Waals surface area contributed by atoms with Crippen LogP contribution >= 0.6 is 0 Å². The van der Waals surface area contributed by atoms with E-state index in [9.17, 15) is 4.79 Å². The molecule has 24 heavy (non-hydrogen) atoms. The summed E-state index contributed by atoms with van der Waals surface area (Å²) in [5.74, 6) is 0.854. The van der Waals surface area contributed by atoms with Crippen LogP contribution in [0.5, 0.6) is 5.75 Å². The van der Waals surface area contributed by atoms with Crippen LogP contribution in [0, 0.1) is 0 Å². The summed E-state index contributed by atoms with van der Waals surface area (Å²) in [6, 6.07) is 5.84. The average Bonchev–Trinajstić information content (AvgIpc) is 2.53.